The van der Waals surface area contributed by atoms with Crippen LogP contribution in [-0.4, -0.2) is 47.0 Å². The number of carbonyl (C=O) groups excluding carboxylic acids is 1. The summed E-state index contributed by atoms with van der Waals surface area (Å²) >= 11 is 5.77. The Morgan fingerprint density at radius 1 is 1.32 bits per heavy atom. The normalized spacial score (nSPS) is 14.8. The third kappa shape index (κ3) is 4.90. The van der Waals surface area contributed by atoms with Gasteiger partial charge in [0.1, 0.15) is 0 Å². The summed E-state index contributed by atoms with van der Waals surface area (Å²) < 4.78 is 5.58. The highest BCUT2D eigenvalue weighted by molar-refractivity contribution is 6.29. The quantitative estimate of drug-likeness (QED) is 0.857. The number of aryl methyl sites for hydroxylation is 2. The van der Waals surface area contributed by atoms with Crippen molar-refractivity contribution in [2.75, 3.05) is 31.6 Å². The molecule has 6 nitrogen and oxygen atoms in total. The van der Waals surface area contributed by atoms with E-state index in [1.807, 2.05) is 25.1 Å². The molecule has 7 heteroatoms. The molecule has 1 amide bonds. The molecule has 0 radical (unpaired) electrons. The Morgan fingerprint density at radius 2 is 2.12 bits per heavy atom. The molecule has 3 rings (SSSR count). The predicted octanol–water partition coefficient (Wildman–Crippen LogP) is 2.70. The number of nitrogens with one attached hydrogen (secondary N) is 1. The van der Waals surface area contributed by atoms with E-state index in [0.717, 1.165) is 18.8 Å². The maximum absolute atomic E-state index is 12.1. The summed E-state index contributed by atoms with van der Waals surface area (Å²) in [5, 5.41) is 3.26. The van der Waals surface area contributed by atoms with Crippen LogP contribution >= 0.6 is 11.6 Å². The van der Waals surface area contributed by atoms with Gasteiger partial charge in [-0.2, -0.15) is 4.98 Å². The number of halogens is 1. The predicted molar refractivity (Wildman–Crippen MR) is 97.0 cm³/mol. The van der Waals surface area contributed by atoms with Gasteiger partial charge in [0.05, 0.1) is 25.5 Å². The molecule has 25 heavy (non-hydrogen) atoms. The van der Waals surface area contributed by atoms with Crippen LogP contribution < -0.4 is 10.1 Å². The van der Waals surface area contributed by atoms with Gasteiger partial charge in [0.15, 0.2) is 5.15 Å². The highest BCUT2D eigenvalue weighted by Gasteiger charge is 2.28. The van der Waals surface area contributed by atoms with Gasteiger partial charge in [-0.25, -0.2) is 0 Å². The average Bonchev–Trinajstić information content (AvgIpc) is 2.53. The lowest BCUT2D eigenvalue weighted by molar-refractivity contribution is -0.119. The van der Waals surface area contributed by atoms with Gasteiger partial charge in [0.2, 0.25) is 11.8 Å². The van der Waals surface area contributed by atoms with E-state index in [1.165, 1.54) is 17.3 Å². The van der Waals surface area contributed by atoms with Crippen molar-refractivity contribution in [1.82, 2.24) is 14.9 Å². The smallest absolute Gasteiger partial charge is 0.238 e. The zero-order valence-corrected chi connectivity index (χ0v) is 15.1. The number of rotatable bonds is 6. The fraction of sp³-hybridized carbons (Fsp3) is 0.389. The molecule has 0 saturated carbocycles. The lowest BCUT2D eigenvalue weighted by Crippen LogP contribution is -2.51. The lowest BCUT2D eigenvalue weighted by atomic mass is 10.0. The fourth-order valence-electron chi connectivity index (χ4n) is 2.73. The Morgan fingerprint density at radius 3 is 2.84 bits per heavy atom. The minimum atomic E-state index is 0.00308. The minimum Gasteiger partial charge on any atom is -0.476 e. The summed E-state index contributed by atoms with van der Waals surface area (Å²) in [4.78, 5) is 22.2. The van der Waals surface area contributed by atoms with E-state index in [9.17, 15) is 4.79 Å². The van der Waals surface area contributed by atoms with Crippen LogP contribution in [0.2, 0.25) is 5.15 Å². The standard InChI is InChI=1S/C18H21ClN4O2/c1-12-3-4-15(5-13(12)2)21-17(24)10-23-8-14(9-23)11-25-18-7-20-6-16(19)22-18/h3-7,14H,8-11H2,1-2H3,(H,21,24). The number of nitrogens with zero attached hydrogens (tertiary/aromatic N) is 3. The largest absolute Gasteiger partial charge is 0.476 e. The van der Waals surface area contributed by atoms with Gasteiger partial charge in [-0.15, -0.1) is 0 Å². The van der Waals surface area contributed by atoms with Crippen LogP contribution in [0.3, 0.4) is 0 Å². The number of ether oxygens (including phenoxy) is 1. The first-order valence-electron chi connectivity index (χ1n) is 8.19. The van der Waals surface area contributed by atoms with Gasteiger partial charge < -0.3 is 10.1 Å². The average molecular weight is 361 g/mol. The fourth-order valence-corrected chi connectivity index (χ4v) is 2.87. The van der Waals surface area contributed by atoms with Crippen LogP contribution in [0.15, 0.2) is 30.6 Å². The molecule has 2 heterocycles. The van der Waals surface area contributed by atoms with E-state index in [0.29, 0.717) is 30.1 Å². The molecule has 1 fully saturated rings. The highest BCUT2D eigenvalue weighted by atomic mass is 35.5. The van der Waals surface area contributed by atoms with E-state index in [-0.39, 0.29) is 5.91 Å². The van der Waals surface area contributed by atoms with Crippen LogP contribution in [0.25, 0.3) is 0 Å². The molecule has 1 N–H and O–H groups in total. The van der Waals surface area contributed by atoms with Gasteiger partial charge >= 0.3 is 0 Å². The number of aromatic nitrogens is 2. The number of hydrogen-bond donors (Lipinski definition) is 1. The first-order chi connectivity index (χ1) is 12.0. The van der Waals surface area contributed by atoms with Crippen molar-refractivity contribution in [2.45, 2.75) is 13.8 Å². The zero-order valence-electron chi connectivity index (χ0n) is 14.3. The van der Waals surface area contributed by atoms with Gasteiger partial charge in [-0.05, 0) is 37.1 Å². The molecule has 0 atom stereocenters. The summed E-state index contributed by atoms with van der Waals surface area (Å²) in [5.41, 5.74) is 3.23. The van der Waals surface area contributed by atoms with Gasteiger partial charge in [0.25, 0.3) is 0 Å². The molecule has 1 aromatic carbocycles. The first-order valence-corrected chi connectivity index (χ1v) is 8.57. The summed E-state index contributed by atoms with van der Waals surface area (Å²) in [6.07, 6.45) is 3.01. The molecule has 0 unspecified atom stereocenters. The number of benzene rings is 1. The zero-order chi connectivity index (χ0) is 17.8. The Hall–Kier alpha value is -2.18. The third-order valence-corrected chi connectivity index (χ3v) is 4.42. The summed E-state index contributed by atoms with van der Waals surface area (Å²) in [5.74, 6) is 0.817. The summed E-state index contributed by atoms with van der Waals surface area (Å²) in [6, 6.07) is 5.94. The van der Waals surface area contributed by atoms with Crippen LogP contribution in [0.4, 0.5) is 5.69 Å². The molecule has 1 saturated heterocycles. The Kier molecular flexibility index (Phi) is 5.50. The van der Waals surface area contributed by atoms with Crippen LogP contribution in [0.1, 0.15) is 11.1 Å². The molecule has 1 aliphatic rings. The molecular weight excluding hydrogens is 340 g/mol. The second-order valence-corrected chi connectivity index (χ2v) is 6.79. The van der Waals surface area contributed by atoms with Gasteiger partial charge in [0, 0.05) is 24.7 Å². The van der Waals surface area contributed by atoms with Crippen molar-refractivity contribution in [1.29, 1.82) is 0 Å². The van der Waals surface area contributed by atoms with E-state index in [2.05, 4.69) is 27.1 Å². The minimum absolute atomic E-state index is 0.00308. The molecule has 132 valence electrons. The molecule has 0 aliphatic carbocycles. The second-order valence-electron chi connectivity index (χ2n) is 6.40. The van der Waals surface area contributed by atoms with E-state index in [4.69, 9.17) is 16.3 Å². The molecular formula is C18H21ClN4O2. The van der Waals surface area contributed by atoms with Gasteiger partial charge in [-0.3, -0.25) is 14.7 Å². The summed E-state index contributed by atoms with van der Waals surface area (Å²) in [7, 11) is 0. The van der Waals surface area contributed by atoms with E-state index in [1.54, 1.807) is 6.20 Å². The maximum Gasteiger partial charge on any atom is 0.238 e. The Balaban J connectivity index is 1.38. The maximum atomic E-state index is 12.1. The summed E-state index contributed by atoms with van der Waals surface area (Å²) in [6.45, 7) is 6.68. The molecule has 0 spiro atoms. The SMILES string of the molecule is Cc1ccc(NC(=O)CN2CC(COc3cncc(Cl)n3)C2)cc1C. The van der Waals surface area contributed by atoms with Crippen molar-refractivity contribution in [3.8, 4) is 5.88 Å². The van der Waals surface area contributed by atoms with E-state index >= 15 is 0 Å². The molecule has 1 aromatic heterocycles. The van der Waals surface area contributed by atoms with Crippen LogP contribution in [-0.2, 0) is 4.79 Å². The molecule has 2 aromatic rings. The lowest BCUT2D eigenvalue weighted by Gasteiger charge is -2.38. The topological polar surface area (TPSA) is 67.4 Å². The second kappa shape index (κ2) is 7.80. The van der Waals surface area contributed by atoms with Crippen LogP contribution in [0, 0.1) is 19.8 Å². The Labute approximate surface area is 152 Å². The number of carbonyl (C=O) groups is 1. The number of hydrogen-bond acceptors (Lipinski definition) is 5. The number of amides is 1. The highest BCUT2D eigenvalue weighted by Crippen LogP contribution is 2.18. The van der Waals surface area contributed by atoms with Crippen molar-refractivity contribution in [3.05, 3.63) is 46.9 Å². The van der Waals surface area contributed by atoms with Crippen LogP contribution in [0.5, 0.6) is 5.88 Å². The van der Waals surface area contributed by atoms with E-state index < -0.39 is 0 Å². The number of likely N-dealkylation sites (tertiary alicyclic amines) is 1. The van der Waals surface area contributed by atoms with Crippen molar-refractivity contribution in [3.63, 3.8) is 0 Å². The van der Waals surface area contributed by atoms with Gasteiger partial charge in [-0.1, -0.05) is 17.7 Å². The first kappa shape index (κ1) is 17.6. The monoisotopic (exact) mass is 360 g/mol. The Bertz CT molecular complexity index is 762. The molecule has 0 bridgehead atoms. The van der Waals surface area contributed by atoms with Crippen molar-refractivity contribution in [2.24, 2.45) is 5.92 Å². The third-order valence-electron chi connectivity index (χ3n) is 4.24. The number of anilines is 1. The van der Waals surface area contributed by atoms with Crippen molar-refractivity contribution >= 4 is 23.2 Å². The molecule has 1 aliphatic heterocycles. The van der Waals surface area contributed by atoms with Crippen molar-refractivity contribution < 1.29 is 9.53 Å².